The Hall–Kier alpha value is -2.21. The maximum absolute atomic E-state index is 11.9. The van der Waals surface area contributed by atoms with Gasteiger partial charge < -0.3 is 33.5 Å². The molecule has 0 amide bonds. The molecule has 11 nitrogen and oxygen atoms in total. The molecule has 0 unspecified atom stereocenters. The number of aliphatic hydroxyl groups excluding tert-OH is 1. The molecule has 0 aromatic heterocycles. The number of hydrogen-bond donors (Lipinski definition) is 1. The van der Waals surface area contributed by atoms with Crippen molar-refractivity contribution in [3.05, 3.63) is 11.1 Å². The Morgan fingerprint density at radius 1 is 0.879 bits per heavy atom. The van der Waals surface area contributed by atoms with Gasteiger partial charge in [0.1, 0.15) is 18.8 Å². The van der Waals surface area contributed by atoms with Crippen LogP contribution in [0, 0.1) is 5.92 Å². The highest BCUT2D eigenvalue weighted by Gasteiger charge is 2.55. The minimum Gasteiger partial charge on any atom is -0.463 e. The van der Waals surface area contributed by atoms with Gasteiger partial charge in [-0.3, -0.25) is 19.2 Å². The van der Waals surface area contributed by atoms with E-state index in [1.807, 2.05) is 0 Å². The zero-order chi connectivity index (χ0) is 24.4. The Morgan fingerprint density at radius 3 is 1.91 bits per heavy atom. The van der Waals surface area contributed by atoms with Gasteiger partial charge in [-0.1, -0.05) is 11.6 Å². The van der Waals surface area contributed by atoms with E-state index in [2.05, 4.69) is 0 Å². The number of fused-ring (bicyclic) bond motifs is 2. The van der Waals surface area contributed by atoms with Crippen molar-refractivity contribution in [2.45, 2.75) is 82.9 Å². The predicted octanol–water partition coefficient (Wildman–Crippen LogP) is 0.383. The molecule has 0 radical (unpaired) electrons. The topological polar surface area (TPSA) is 144 Å². The first-order chi connectivity index (χ1) is 15.5. The summed E-state index contributed by atoms with van der Waals surface area (Å²) >= 11 is 6.07. The summed E-state index contributed by atoms with van der Waals surface area (Å²) in [7, 11) is 0. The van der Waals surface area contributed by atoms with Crippen molar-refractivity contribution in [3.8, 4) is 0 Å². The van der Waals surface area contributed by atoms with Crippen LogP contribution in [0.3, 0.4) is 0 Å². The summed E-state index contributed by atoms with van der Waals surface area (Å²) in [5.41, 5.74) is 0. The van der Waals surface area contributed by atoms with Gasteiger partial charge in [-0.25, -0.2) is 0 Å². The fraction of sp³-hybridized carbons (Fsp3) is 0.714. The fourth-order valence-electron chi connectivity index (χ4n) is 4.46. The van der Waals surface area contributed by atoms with Crippen LogP contribution in [-0.2, 0) is 47.6 Å². The number of halogens is 1. The van der Waals surface area contributed by atoms with Gasteiger partial charge in [0.05, 0.1) is 18.3 Å². The van der Waals surface area contributed by atoms with Crippen molar-refractivity contribution < 1.29 is 52.7 Å². The second kappa shape index (κ2) is 10.4. The minimum absolute atomic E-state index is 0.127. The van der Waals surface area contributed by atoms with Crippen LogP contribution in [0.1, 0.15) is 34.1 Å². The smallest absolute Gasteiger partial charge is 0.303 e. The third-order valence-electron chi connectivity index (χ3n) is 5.66. The molecule has 0 spiro atoms. The van der Waals surface area contributed by atoms with Gasteiger partial charge in [0.2, 0.25) is 0 Å². The summed E-state index contributed by atoms with van der Waals surface area (Å²) in [6, 6.07) is 0. The molecule has 0 aromatic rings. The summed E-state index contributed by atoms with van der Waals surface area (Å²) in [6.45, 7) is 4.37. The summed E-state index contributed by atoms with van der Waals surface area (Å²) in [5.74, 6) is -3.15. The third kappa shape index (κ3) is 5.84. The zero-order valence-corrected chi connectivity index (χ0v) is 19.4. The third-order valence-corrected chi connectivity index (χ3v) is 6.00. The van der Waals surface area contributed by atoms with Crippen LogP contribution >= 0.6 is 11.6 Å². The highest BCUT2D eigenvalue weighted by molar-refractivity contribution is 6.30. The molecule has 9 atom stereocenters. The largest absolute Gasteiger partial charge is 0.463 e. The average Bonchev–Trinajstić information content (AvgIpc) is 3.21. The van der Waals surface area contributed by atoms with E-state index in [0.717, 1.165) is 13.8 Å². The van der Waals surface area contributed by atoms with Gasteiger partial charge in [0.25, 0.3) is 0 Å². The van der Waals surface area contributed by atoms with Gasteiger partial charge in [0.15, 0.2) is 18.3 Å². The monoisotopic (exact) mass is 490 g/mol. The van der Waals surface area contributed by atoms with Gasteiger partial charge in [0, 0.05) is 38.6 Å². The first kappa shape index (κ1) is 25.4. The highest BCUT2D eigenvalue weighted by Crippen LogP contribution is 2.44. The molecular weight excluding hydrogens is 464 g/mol. The number of hydrogen-bond acceptors (Lipinski definition) is 11. The van der Waals surface area contributed by atoms with E-state index in [1.54, 1.807) is 6.08 Å². The van der Waals surface area contributed by atoms with E-state index >= 15 is 0 Å². The molecule has 0 aromatic carbocycles. The Morgan fingerprint density at radius 2 is 1.42 bits per heavy atom. The van der Waals surface area contributed by atoms with Gasteiger partial charge in [-0.15, -0.1) is 0 Å². The van der Waals surface area contributed by atoms with E-state index in [4.69, 9.17) is 40.0 Å². The van der Waals surface area contributed by atoms with Crippen LogP contribution in [0.5, 0.6) is 0 Å². The predicted molar refractivity (Wildman–Crippen MR) is 109 cm³/mol. The lowest BCUT2D eigenvalue weighted by atomic mass is 9.82. The summed E-state index contributed by atoms with van der Waals surface area (Å²) in [6.07, 6.45) is -5.84. The Bertz CT molecular complexity index is 827. The molecule has 184 valence electrons. The van der Waals surface area contributed by atoms with Crippen LogP contribution in [0.25, 0.3) is 0 Å². The van der Waals surface area contributed by atoms with Crippen molar-refractivity contribution in [1.29, 1.82) is 0 Å². The molecule has 3 aliphatic heterocycles. The van der Waals surface area contributed by atoms with Crippen LogP contribution in [0.2, 0.25) is 0 Å². The normalized spacial score (nSPS) is 37.2. The van der Waals surface area contributed by atoms with E-state index < -0.39 is 78.6 Å². The maximum atomic E-state index is 11.9. The minimum atomic E-state index is -1.25. The standard InChI is InChI=1S/C21H27ClO11/c1-8(23)28-7-16-20(30-10(3)25)21(31-11(4)26)19(29-9(2)24)15(32-16)5-12-14-6-13(22)18(33-14)17(12)27/h6,12,14-21,27H,5,7H2,1-4H3/t12-,14+,15+,16-,17-,18-,19+,20-,21-/m1/s1. The number of esters is 4. The van der Waals surface area contributed by atoms with Crippen molar-refractivity contribution in [2.75, 3.05) is 6.61 Å². The molecule has 1 N–H and O–H groups in total. The summed E-state index contributed by atoms with van der Waals surface area (Å²) in [4.78, 5) is 46.9. The summed E-state index contributed by atoms with van der Waals surface area (Å²) in [5, 5.41) is 11.0. The maximum Gasteiger partial charge on any atom is 0.303 e. The van der Waals surface area contributed by atoms with E-state index in [9.17, 15) is 24.3 Å². The van der Waals surface area contributed by atoms with Crippen molar-refractivity contribution in [3.63, 3.8) is 0 Å². The lowest BCUT2D eigenvalue weighted by Crippen LogP contribution is -2.63. The van der Waals surface area contributed by atoms with Crippen LogP contribution < -0.4 is 0 Å². The molecular formula is C21H27ClO11. The molecule has 2 saturated heterocycles. The van der Waals surface area contributed by atoms with Crippen LogP contribution in [0.15, 0.2) is 11.1 Å². The van der Waals surface area contributed by atoms with Gasteiger partial charge >= 0.3 is 23.9 Å². The van der Waals surface area contributed by atoms with Gasteiger partial charge in [-0.05, 0) is 12.5 Å². The van der Waals surface area contributed by atoms with E-state index in [0.29, 0.717) is 5.03 Å². The first-order valence-electron chi connectivity index (χ1n) is 10.5. The number of aliphatic hydroxyl groups is 1. The Kier molecular flexibility index (Phi) is 7.99. The van der Waals surface area contributed by atoms with Crippen molar-refractivity contribution in [2.24, 2.45) is 5.92 Å². The molecule has 2 bridgehead atoms. The molecule has 33 heavy (non-hydrogen) atoms. The molecule has 12 heteroatoms. The second-order valence-corrected chi connectivity index (χ2v) is 8.64. The molecule has 0 aliphatic carbocycles. The number of ether oxygens (including phenoxy) is 6. The fourth-order valence-corrected chi connectivity index (χ4v) is 4.77. The number of carbonyl (C=O) groups excluding carboxylic acids is 4. The highest BCUT2D eigenvalue weighted by atomic mass is 35.5. The lowest BCUT2D eigenvalue weighted by molar-refractivity contribution is -0.255. The van der Waals surface area contributed by atoms with Crippen molar-refractivity contribution >= 4 is 35.5 Å². The zero-order valence-electron chi connectivity index (χ0n) is 18.6. The van der Waals surface area contributed by atoms with E-state index in [1.165, 1.54) is 13.8 Å². The lowest BCUT2D eigenvalue weighted by Gasteiger charge is -2.45. The van der Waals surface area contributed by atoms with Crippen LogP contribution in [-0.4, -0.2) is 84.4 Å². The number of carbonyl (C=O) groups is 4. The molecule has 3 rings (SSSR count). The van der Waals surface area contributed by atoms with Crippen LogP contribution in [0.4, 0.5) is 0 Å². The average molecular weight is 491 g/mol. The number of rotatable bonds is 7. The SMILES string of the molecule is CC(=O)OC[C@H]1O[C@@H](C[C@H]2[C@@H](O)[C@@H]3O[C@H]2C=C3Cl)[C@H](OC(C)=O)[C@@H](OC(C)=O)[C@@H]1OC(C)=O. The molecule has 3 aliphatic rings. The van der Waals surface area contributed by atoms with Crippen molar-refractivity contribution in [1.82, 2.24) is 0 Å². The Balaban J connectivity index is 1.93. The second-order valence-electron chi connectivity index (χ2n) is 8.20. The quantitative estimate of drug-likeness (QED) is 0.390. The van der Waals surface area contributed by atoms with E-state index in [-0.39, 0.29) is 13.0 Å². The molecule has 3 heterocycles. The van der Waals surface area contributed by atoms with Gasteiger partial charge in [-0.2, -0.15) is 0 Å². The molecule has 2 fully saturated rings. The Labute approximate surface area is 195 Å². The first-order valence-corrected chi connectivity index (χ1v) is 10.9. The molecule has 0 saturated carbocycles. The summed E-state index contributed by atoms with van der Waals surface area (Å²) < 4.78 is 33.0.